The van der Waals surface area contributed by atoms with Crippen LogP contribution in [-0.4, -0.2) is 19.0 Å². The Hall–Kier alpha value is -3.02. The molecule has 0 aliphatic rings. The lowest BCUT2D eigenvalue weighted by Gasteiger charge is -2.17. The van der Waals surface area contributed by atoms with E-state index in [1.54, 1.807) is 66.7 Å². The summed E-state index contributed by atoms with van der Waals surface area (Å²) in [6.45, 7) is 2.06. The third kappa shape index (κ3) is 6.00. The smallest absolute Gasteiger partial charge is 0.337 e. The van der Waals surface area contributed by atoms with Gasteiger partial charge in [-0.3, -0.25) is 4.79 Å². The van der Waals surface area contributed by atoms with Gasteiger partial charge in [0.05, 0.1) is 18.7 Å². The van der Waals surface area contributed by atoms with E-state index in [2.05, 4.69) is 5.32 Å². The number of methoxy groups -OCH3 is 1. The number of ether oxygens (including phenoxy) is 2. The van der Waals surface area contributed by atoms with Gasteiger partial charge in [0.25, 0.3) is 5.91 Å². The minimum atomic E-state index is -0.410. The number of halogens is 2. The second kappa shape index (κ2) is 10.3. The Kier molecular flexibility index (Phi) is 7.55. The summed E-state index contributed by atoms with van der Waals surface area (Å²) in [6.07, 6.45) is 0. The predicted molar refractivity (Wildman–Crippen MR) is 121 cm³/mol. The maximum atomic E-state index is 13.0. The summed E-state index contributed by atoms with van der Waals surface area (Å²) in [5.41, 5.74) is 2.42. The predicted octanol–water partition coefficient (Wildman–Crippen LogP) is 5.85. The van der Waals surface area contributed by atoms with E-state index in [1.807, 2.05) is 6.92 Å². The monoisotopic (exact) mass is 457 g/mol. The SMILES string of the molecule is COC(=O)c1ccc([C@H](C)NC(=O)c2cc(Cl)ccc2COc2ccc(Cl)cc2)cc1. The number of carbonyl (C=O) groups is 2. The fraction of sp³-hybridized carbons (Fsp3) is 0.167. The molecule has 1 atom stereocenters. The Labute approximate surface area is 190 Å². The molecule has 7 heteroatoms. The molecule has 3 rings (SSSR count). The maximum absolute atomic E-state index is 13.0. The van der Waals surface area contributed by atoms with Crippen molar-refractivity contribution in [3.8, 4) is 5.75 Å². The summed E-state index contributed by atoms with van der Waals surface area (Å²) in [4.78, 5) is 24.5. The fourth-order valence-electron chi connectivity index (χ4n) is 2.96. The highest BCUT2D eigenvalue weighted by molar-refractivity contribution is 6.31. The topological polar surface area (TPSA) is 64.6 Å². The largest absolute Gasteiger partial charge is 0.489 e. The zero-order valence-electron chi connectivity index (χ0n) is 17.0. The zero-order valence-corrected chi connectivity index (χ0v) is 18.5. The number of amides is 1. The first-order chi connectivity index (χ1) is 14.9. The fourth-order valence-corrected chi connectivity index (χ4v) is 3.26. The maximum Gasteiger partial charge on any atom is 0.337 e. The van der Waals surface area contributed by atoms with Crippen LogP contribution in [0.1, 0.15) is 44.8 Å². The normalized spacial score (nSPS) is 11.5. The van der Waals surface area contributed by atoms with Gasteiger partial charge in [0, 0.05) is 21.2 Å². The van der Waals surface area contributed by atoms with Crippen LogP contribution in [0, 0.1) is 0 Å². The molecule has 0 aliphatic carbocycles. The molecule has 0 unspecified atom stereocenters. The van der Waals surface area contributed by atoms with Crippen LogP contribution in [0.5, 0.6) is 5.75 Å². The van der Waals surface area contributed by atoms with Crippen LogP contribution in [0.4, 0.5) is 0 Å². The van der Waals surface area contributed by atoms with E-state index in [1.165, 1.54) is 7.11 Å². The molecule has 5 nitrogen and oxygen atoms in total. The molecule has 0 bridgehead atoms. The van der Waals surface area contributed by atoms with Gasteiger partial charge in [-0.05, 0) is 61.0 Å². The third-order valence-corrected chi connectivity index (χ3v) is 5.19. The Morgan fingerprint density at radius 2 is 1.58 bits per heavy atom. The van der Waals surface area contributed by atoms with E-state index in [0.717, 1.165) is 5.56 Å². The molecule has 0 heterocycles. The van der Waals surface area contributed by atoms with E-state index >= 15 is 0 Å². The molecule has 1 N–H and O–H groups in total. The molecular weight excluding hydrogens is 437 g/mol. The number of benzene rings is 3. The van der Waals surface area contributed by atoms with E-state index < -0.39 is 5.97 Å². The summed E-state index contributed by atoms with van der Waals surface area (Å²) in [6, 6.07) is 18.7. The number of nitrogens with one attached hydrogen (secondary N) is 1. The van der Waals surface area contributed by atoms with Crippen molar-refractivity contribution in [2.45, 2.75) is 19.6 Å². The van der Waals surface area contributed by atoms with E-state index in [9.17, 15) is 9.59 Å². The van der Waals surface area contributed by atoms with E-state index in [0.29, 0.717) is 32.5 Å². The van der Waals surface area contributed by atoms with Gasteiger partial charge >= 0.3 is 5.97 Å². The molecule has 160 valence electrons. The third-order valence-electron chi connectivity index (χ3n) is 4.70. The molecule has 0 aliphatic heterocycles. The summed E-state index contributed by atoms with van der Waals surface area (Å²) in [5.74, 6) is -0.0426. The Morgan fingerprint density at radius 1 is 0.935 bits per heavy atom. The van der Waals surface area contributed by atoms with Crippen LogP contribution >= 0.6 is 23.2 Å². The molecule has 0 fully saturated rings. The lowest BCUT2D eigenvalue weighted by Crippen LogP contribution is -2.27. The van der Waals surface area contributed by atoms with Crippen LogP contribution in [0.2, 0.25) is 10.0 Å². The van der Waals surface area contributed by atoms with Crippen LogP contribution in [0.25, 0.3) is 0 Å². The van der Waals surface area contributed by atoms with Gasteiger partial charge in [0.1, 0.15) is 12.4 Å². The second-order valence-electron chi connectivity index (χ2n) is 6.85. The van der Waals surface area contributed by atoms with Crippen LogP contribution < -0.4 is 10.1 Å². The lowest BCUT2D eigenvalue weighted by molar-refractivity contribution is 0.0600. The number of carbonyl (C=O) groups excluding carboxylic acids is 2. The Balaban J connectivity index is 1.72. The van der Waals surface area contributed by atoms with Crippen molar-refractivity contribution in [2.75, 3.05) is 7.11 Å². The average molecular weight is 458 g/mol. The van der Waals surface area contributed by atoms with E-state index in [-0.39, 0.29) is 18.6 Å². The Morgan fingerprint density at radius 3 is 2.23 bits per heavy atom. The minimum absolute atomic E-state index is 0.198. The molecule has 0 saturated carbocycles. The lowest BCUT2D eigenvalue weighted by atomic mass is 10.0. The highest BCUT2D eigenvalue weighted by Gasteiger charge is 2.17. The highest BCUT2D eigenvalue weighted by Crippen LogP contribution is 2.22. The summed E-state index contributed by atoms with van der Waals surface area (Å²) >= 11 is 12.0. The van der Waals surface area contributed by atoms with Gasteiger partial charge in [-0.1, -0.05) is 41.4 Å². The molecule has 0 saturated heterocycles. The van der Waals surface area contributed by atoms with Crippen molar-refractivity contribution in [2.24, 2.45) is 0 Å². The van der Waals surface area contributed by atoms with Crippen molar-refractivity contribution in [3.05, 3.63) is 99.0 Å². The van der Waals surface area contributed by atoms with Crippen molar-refractivity contribution < 1.29 is 19.1 Å². The van der Waals surface area contributed by atoms with Gasteiger partial charge < -0.3 is 14.8 Å². The molecule has 0 radical (unpaired) electrons. The first-order valence-electron chi connectivity index (χ1n) is 9.53. The number of rotatable bonds is 7. The molecule has 0 spiro atoms. The summed E-state index contributed by atoms with van der Waals surface area (Å²) in [7, 11) is 1.33. The summed E-state index contributed by atoms with van der Waals surface area (Å²) < 4.78 is 10.5. The van der Waals surface area contributed by atoms with Gasteiger partial charge in [0.2, 0.25) is 0 Å². The second-order valence-corrected chi connectivity index (χ2v) is 7.73. The number of hydrogen-bond acceptors (Lipinski definition) is 4. The summed E-state index contributed by atoms with van der Waals surface area (Å²) in [5, 5.41) is 4.03. The highest BCUT2D eigenvalue weighted by atomic mass is 35.5. The van der Waals surface area contributed by atoms with Crippen LogP contribution in [-0.2, 0) is 11.3 Å². The first kappa shape index (κ1) is 22.7. The van der Waals surface area contributed by atoms with Crippen molar-refractivity contribution in [1.29, 1.82) is 0 Å². The van der Waals surface area contributed by atoms with Crippen LogP contribution in [0.3, 0.4) is 0 Å². The molecule has 31 heavy (non-hydrogen) atoms. The van der Waals surface area contributed by atoms with Gasteiger partial charge in [-0.25, -0.2) is 4.79 Å². The Bertz CT molecular complexity index is 1070. The first-order valence-corrected chi connectivity index (χ1v) is 10.3. The number of hydrogen-bond donors (Lipinski definition) is 1. The molecule has 0 aromatic heterocycles. The number of esters is 1. The quantitative estimate of drug-likeness (QED) is 0.451. The molecular formula is C24H21Cl2NO4. The van der Waals surface area contributed by atoms with Gasteiger partial charge in [0.15, 0.2) is 0 Å². The van der Waals surface area contributed by atoms with Crippen LogP contribution in [0.15, 0.2) is 66.7 Å². The molecule has 3 aromatic rings. The van der Waals surface area contributed by atoms with Crippen molar-refractivity contribution >= 4 is 35.1 Å². The average Bonchev–Trinajstić information content (AvgIpc) is 2.78. The molecule has 1 amide bonds. The minimum Gasteiger partial charge on any atom is -0.489 e. The van der Waals surface area contributed by atoms with Crippen molar-refractivity contribution in [1.82, 2.24) is 5.32 Å². The molecule has 3 aromatic carbocycles. The van der Waals surface area contributed by atoms with E-state index in [4.69, 9.17) is 32.7 Å². The van der Waals surface area contributed by atoms with Gasteiger partial charge in [-0.15, -0.1) is 0 Å². The van der Waals surface area contributed by atoms with Crippen molar-refractivity contribution in [3.63, 3.8) is 0 Å². The standard InChI is InChI=1S/C24H21Cl2NO4/c1-15(16-3-5-17(6-4-16)24(29)30-2)27-23(28)22-13-20(26)8-7-18(22)14-31-21-11-9-19(25)10-12-21/h3-13,15H,14H2,1-2H3,(H,27,28)/t15-/m0/s1. The van der Waals surface area contributed by atoms with Gasteiger partial charge in [-0.2, -0.15) is 0 Å². The zero-order chi connectivity index (χ0) is 22.4.